The number of amides is 1. The molecule has 0 saturated carbocycles. The third-order valence-corrected chi connectivity index (χ3v) is 3.89. The van der Waals surface area contributed by atoms with Gasteiger partial charge in [-0.15, -0.1) is 0 Å². The molecule has 0 unspecified atom stereocenters. The highest BCUT2D eigenvalue weighted by Crippen LogP contribution is 2.18. The molecule has 1 aliphatic heterocycles. The number of aromatic nitrogens is 1. The van der Waals surface area contributed by atoms with Crippen LogP contribution in [0.5, 0.6) is 0 Å². The molecule has 1 amide bonds. The van der Waals surface area contributed by atoms with E-state index in [1.165, 1.54) is 19.4 Å². The van der Waals surface area contributed by atoms with E-state index in [-0.39, 0.29) is 11.8 Å². The van der Waals surface area contributed by atoms with Gasteiger partial charge in [0, 0.05) is 25.1 Å². The Morgan fingerprint density at radius 3 is 3.05 bits per heavy atom. The van der Waals surface area contributed by atoms with Crippen molar-refractivity contribution in [1.82, 2.24) is 15.4 Å². The quantitative estimate of drug-likeness (QED) is 0.898. The zero-order valence-electron chi connectivity index (χ0n) is 12.7. The van der Waals surface area contributed by atoms with Gasteiger partial charge in [-0.2, -0.15) is 0 Å². The van der Waals surface area contributed by atoms with Crippen molar-refractivity contribution >= 4 is 5.91 Å². The Labute approximate surface area is 120 Å². The topological polar surface area (TPSA) is 58.4 Å². The van der Waals surface area contributed by atoms with E-state index in [9.17, 15) is 4.79 Å². The van der Waals surface area contributed by atoms with E-state index in [1.807, 2.05) is 13.8 Å². The minimum atomic E-state index is -0.134. The Hall–Kier alpha value is -1.36. The average Bonchev–Trinajstić information content (AvgIpc) is 2.88. The largest absolute Gasteiger partial charge is 0.360 e. The van der Waals surface area contributed by atoms with Gasteiger partial charge in [-0.3, -0.25) is 4.79 Å². The van der Waals surface area contributed by atoms with Crippen LogP contribution in [0.15, 0.2) is 10.6 Å². The first-order chi connectivity index (χ1) is 9.56. The summed E-state index contributed by atoms with van der Waals surface area (Å²) in [5.41, 5.74) is 0.384. The second kappa shape index (κ2) is 6.88. The Morgan fingerprint density at radius 2 is 2.40 bits per heavy atom. The summed E-state index contributed by atoms with van der Waals surface area (Å²) in [6.07, 6.45) is 3.56. The molecule has 2 heterocycles. The van der Waals surface area contributed by atoms with E-state index in [2.05, 4.69) is 22.4 Å². The number of piperidine rings is 1. The molecule has 112 valence electrons. The molecule has 1 aromatic heterocycles. The Kier molecular flexibility index (Phi) is 5.17. The number of carbonyl (C=O) groups is 1. The summed E-state index contributed by atoms with van der Waals surface area (Å²) in [5, 5.41) is 6.75. The Morgan fingerprint density at radius 1 is 1.60 bits per heavy atom. The molecule has 1 fully saturated rings. The van der Waals surface area contributed by atoms with E-state index in [0.717, 1.165) is 18.7 Å². The van der Waals surface area contributed by atoms with Crippen LogP contribution in [0.4, 0.5) is 0 Å². The van der Waals surface area contributed by atoms with Crippen LogP contribution in [0.3, 0.4) is 0 Å². The van der Waals surface area contributed by atoms with Gasteiger partial charge in [0.1, 0.15) is 5.76 Å². The third-order valence-electron chi connectivity index (χ3n) is 3.89. The van der Waals surface area contributed by atoms with Crippen molar-refractivity contribution in [2.24, 2.45) is 5.92 Å². The highest BCUT2D eigenvalue weighted by Gasteiger charge is 2.18. The van der Waals surface area contributed by atoms with Gasteiger partial charge in [-0.25, -0.2) is 0 Å². The molecular weight excluding hydrogens is 254 g/mol. The minimum Gasteiger partial charge on any atom is -0.360 e. The molecule has 1 aliphatic rings. The van der Waals surface area contributed by atoms with Crippen LogP contribution in [0.1, 0.15) is 55.3 Å². The maximum atomic E-state index is 11.9. The van der Waals surface area contributed by atoms with Crippen LogP contribution in [-0.4, -0.2) is 42.6 Å². The zero-order valence-corrected chi connectivity index (χ0v) is 12.7. The number of nitrogens with one attached hydrogen (secondary N) is 1. The summed E-state index contributed by atoms with van der Waals surface area (Å²) in [6, 6.07) is 1.73. The second-order valence-electron chi connectivity index (χ2n) is 6.08. The molecule has 1 aromatic rings. The molecule has 2 rings (SSSR count). The lowest BCUT2D eigenvalue weighted by atomic mass is 9.95. The summed E-state index contributed by atoms with van der Waals surface area (Å²) in [7, 11) is 2.16. The van der Waals surface area contributed by atoms with Gasteiger partial charge in [0.2, 0.25) is 0 Å². The lowest BCUT2D eigenvalue weighted by Gasteiger charge is -2.29. The van der Waals surface area contributed by atoms with Crippen LogP contribution in [-0.2, 0) is 0 Å². The predicted molar refractivity (Wildman–Crippen MR) is 77.8 cm³/mol. The monoisotopic (exact) mass is 279 g/mol. The lowest BCUT2D eigenvalue weighted by Crippen LogP contribution is -2.34. The molecule has 20 heavy (non-hydrogen) atoms. The van der Waals surface area contributed by atoms with Crippen LogP contribution in [0, 0.1) is 5.92 Å². The van der Waals surface area contributed by atoms with E-state index in [1.54, 1.807) is 6.07 Å². The van der Waals surface area contributed by atoms with Crippen molar-refractivity contribution in [2.45, 2.75) is 39.0 Å². The van der Waals surface area contributed by atoms with Crippen molar-refractivity contribution in [3.05, 3.63) is 17.5 Å². The van der Waals surface area contributed by atoms with Crippen molar-refractivity contribution in [2.75, 3.05) is 26.7 Å². The fourth-order valence-corrected chi connectivity index (χ4v) is 2.66. The van der Waals surface area contributed by atoms with Crippen LogP contribution in [0.25, 0.3) is 0 Å². The number of nitrogens with zero attached hydrogens (tertiary/aromatic N) is 2. The van der Waals surface area contributed by atoms with Crippen molar-refractivity contribution in [3.63, 3.8) is 0 Å². The summed E-state index contributed by atoms with van der Waals surface area (Å²) in [5.74, 6) is 1.56. The fourth-order valence-electron chi connectivity index (χ4n) is 2.66. The average molecular weight is 279 g/mol. The molecule has 0 radical (unpaired) electrons. The molecular formula is C15H25N3O2. The molecule has 0 spiro atoms. The van der Waals surface area contributed by atoms with Gasteiger partial charge >= 0.3 is 0 Å². The van der Waals surface area contributed by atoms with E-state index < -0.39 is 0 Å². The summed E-state index contributed by atoms with van der Waals surface area (Å²) >= 11 is 0. The molecule has 5 heteroatoms. The Bertz CT molecular complexity index is 442. The van der Waals surface area contributed by atoms with Gasteiger partial charge in [-0.1, -0.05) is 19.0 Å². The van der Waals surface area contributed by atoms with E-state index in [4.69, 9.17) is 4.52 Å². The zero-order chi connectivity index (χ0) is 14.5. The summed E-state index contributed by atoms with van der Waals surface area (Å²) in [6.45, 7) is 7.07. The summed E-state index contributed by atoms with van der Waals surface area (Å²) in [4.78, 5) is 14.3. The normalized spacial score (nSPS) is 20.3. The van der Waals surface area contributed by atoms with Crippen molar-refractivity contribution in [1.29, 1.82) is 0 Å². The number of hydrogen-bond acceptors (Lipinski definition) is 4. The SMILES string of the molecule is CC(C)c1cc(C(=O)NCC[C@H]2CCCN(C)C2)no1. The molecule has 1 atom stereocenters. The van der Waals surface area contributed by atoms with Crippen molar-refractivity contribution in [3.8, 4) is 0 Å². The van der Waals surface area contributed by atoms with Gasteiger partial charge in [0.25, 0.3) is 5.91 Å². The molecule has 1 saturated heterocycles. The first-order valence-corrected chi connectivity index (χ1v) is 7.49. The number of carbonyl (C=O) groups excluding carboxylic acids is 1. The van der Waals surface area contributed by atoms with Gasteiger partial charge in [0.15, 0.2) is 5.69 Å². The van der Waals surface area contributed by atoms with Gasteiger partial charge < -0.3 is 14.7 Å². The van der Waals surface area contributed by atoms with E-state index in [0.29, 0.717) is 18.2 Å². The molecule has 0 bridgehead atoms. The molecule has 1 N–H and O–H groups in total. The number of hydrogen-bond donors (Lipinski definition) is 1. The first-order valence-electron chi connectivity index (χ1n) is 7.49. The highest BCUT2D eigenvalue weighted by molar-refractivity contribution is 5.92. The lowest BCUT2D eigenvalue weighted by molar-refractivity contribution is 0.0939. The highest BCUT2D eigenvalue weighted by atomic mass is 16.5. The van der Waals surface area contributed by atoms with Crippen LogP contribution in [0.2, 0.25) is 0 Å². The fraction of sp³-hybridized carbons (Fsp3) is 0.733. The van der Waals surface area contributed by atoms with Gasteiger partial charge in [0.05, 0.1) is 0 Å². The predicted octanol–water partition coefficient (Wildman–Crippen LogP) is 2.26. The maximum Gasteiger partial charge on any atom is 0.273 e. The summed E-state index contributed by atoms with van der Waals surface area (Å²) < 4.78 is 5.14. The minimum absolute atomic E-state index is 0.134. The molecule has 5 nitrogen and oxygen atoms in total. The maximum absolute atomic E-state index is 11.9. The van der Waals surface area contributed by atoms with Crippen molar-refractivity contribution < 1.29 is 9.32 Å². The standard InChI is InChI=1S/C15H25N3O2/c1-11(2)14-9-13(17-20-14)15(19)16-7-6-12-5-4-8-18(3)10-12/h9,11-12H,4-8,10H2,1-3H3,(H,16,19)/t12-/m1/s1. The number of rotatable bonds is 5. The smallest absolute Gasteiger partial charge is 0.273 e. The van der Waals surface area contributed by atoms with Crippen LogP contribution < -0.4 is 5.32 Å². The molecule has 0 aromatic carbocycles. The first kappa shape index (κ1) is 15.0. The number of likely N-dealkylation sites (tertiary alicyclic amines) is 1. The second-order valence-corrected chi connectivity index (χ2v) is 6.08. The van der Waals surface area contributed by atoms with Gasteiger partial charge in [-0.05, 0) is 38.8 Å². The van der Waals surface area contributed by atoms with E-state index >= 15 is 0 Å². The third kappa shape index (κ3) is 4.07. The van der Waals surface area contributed by atoms with Crippen LogP contribution >= 0.6 is 0 Å². The molecule has 0 aliphatic carbocycles. The Balaban J connectivity index is 1.74.